The minimum Gasteiger partial charge on any atom is -0.468 e. The van der Waals surface area contributed by atoms with E-state index in [1.165, 1.54) is 18.3 Å². The summed E-state index contributed by atoms with van der Waals surface area (Å²) < 4.78 is 40.5. The highest BCUT2D eigenvalue weighted by molar-refractivity contribution is 7.99. The summed E-state index contributed by atoms with van der Waals surface area (Å²) in [5.74, 6) is 1.63. The number of anilines is 1. The monoisotopic (exact) mass is 335 g/mol. The van der Waals surface area contributed by atoms with Gasteiger partial charge in [-0.15, -0.1) is 0 Å². The Hall–Kier alpha value is -1.48. The van der Waals surface area contributed by atoms with Crippen molar-refractivity contribution in [1.29, 1.82) is 0 Å². The molecule has 0 radical (unpaired) electrons. The molecule has 22 heavy (non-hydrogen) atoms. The maximum absolute atomic E-state index is 12.0. The Bertz CT molecular complexity index is 490. The molecule has 2 rings (SSSR count). The number of amides is 1. The smallest absolute Gasteiger partial charge is 0.422 e. The van der Waals surface area contributed by atoms with Gasteiger partial charge < -0.3 is 15.4 Å². The molecule has 1 unspecified atom stereocenters. The Balaban J connectivity index is 1.79. The predicted molar refractivity (Wildman–Crippen MR) is 78.1 cm³/mol. The maximum Gasteiger partial charge on any atom is 0.422 e. The fraction of sp³-hybridized carbons (Fsp3) is 0.538. The van der Waals surface area contributed by atoms with E-state index in [4.69, 9.17) is 0 Å². The van der Waals surface area contributed by atoms with E-state index in [1.807, 2.05) is 0 Å². The van der Waals surface area contributed by atoms with Gasteiger partial charge in [0, 0.05) is 36.6 Å². The van der Waals surface area contributed by atoms with Crippen LogP contribution in [0.2, 0.25) is 0 Å². The summed E-state index contributed by atoms with van der Waals surface area (Å²) in [5, 5.41) is 5.91. The second-order valence-corrected chi connectivity index (χ2v) is 5.92. The Morgan fingerprint density at radius 1 is 1.50 bits per heavy atom. The number of carbonyl (C=O) groups excluding carboxylic acids is 1. The van der Waals surface area contributed by atoms with E-state index in [2.05, 4.69) is 20.4 Å². The van der Waals surface area contributed by atoms with Crippen LogP contribution in [0.25, 0.3) is 0 Å². The van der Waals surface area contributed by atoms with Gasteiger partial charge in [0.1, 0.15) is 0 Å². The lowest BCUT2D eigenvalue weighted by Crippen LogP contribution is -2.39. The zero-order chi connectivity index (χ0) is 16.0. The highest BCUT2D eigenvalue weighted by Gasteiger charge is 2.28. The standard InChI is InChI=1S/C13H16F3N3O2S/c14-13(15,16)8-21-12-2-1-9(6-18-12)19-11(20)5-10-7-22-4-3-17-10/h1-2,6,10,17H,3-5,7-8H2,(H,19,20). The van der Waals surface area contributed by atoms with E-state index in [0.717, 1.165) is 18.1 Å². The van der Waals surface area contributed by atoms with Gasteiger partial charge in [-0.3, -0.25) is 4.79 Å². The molecular formula is C13H16F3N3O2S. The van der Waals surface area contributed by atoms with Crippen molar-refractivity contribution >= 4 is 23.4 Å². The average molecular weight is 335 g/mol. The van der Waals surface area contributed by atoms with Crippen molar-refractivity contribution in [2.24, 2.45) is 0 Å². The van der Waals surface area contributed by atoms with Crippen LogP contribution in [0.3, 0.4) is 0 Å². The molecule has 1 fully saturated rings. The van der Waals surface area contributed by atoms with Crippen LogP contribution in [-0.2, 0) is 4.79 Å². The van der Waals surface area contributed by atoms with Crippen LogP contribution in [0.1, 0.15) is 6.42 Å². The molecule has 1 aliphatic heterocycles. The molecule has 2 heterocycles. The number of hydrogen-bond donors (Lipinski definition) is 2. The van der Waals surface area contributed by atoms with Gasteiger partial charge in [0.15, 0.2) is 6.61 Å². The number of ether oxygens (including phenoxy) is 1. The van der Waals surface area contributed by atoms with Crippen molar-refractivity contribution in [2.75, 3.05) is 30.0 Å². The van der Waals surface area contributed by atoms with Crippen LogP contribution < -0.4 is 15.4 Å². The Kier molecular flexibility index (Phi) is 5.90. The molecule has 5 nitrogen and oxygen atoms in total. The van der Waals surface area contributed by atoms with Gasteiger partial charge in [0.25, 0.3) is 0 Å². The molecule has 1 saturated heterocycles. The summed E-state index contributed by atoms with van der Waals surface area (Å²) in [7, 11) is 0. The molecule has 9 heteroatoms. The van der Waals surface area contributed by atoms with Crippen molar-refractivity contribution in [2.45, 2.75) is 18.6 Å². The Morgan fingerprint density at radius 3 is 2.91 bits per heavy atom. The zero-order valence-electron chi connectivity index (χ0n) is 11.7. The second-order valence-electron chi connectivity index (χ2n) is 4.77. The van der Waals surface area contributed by atoms with Crippen molar-refractivity contribution < 1.29 is 22.7 Å². The van der Waals surface area contributed by atoms with E-state index in [1.54, 1.807) is 11.8 Å². The lowest BCUT2D eigenvalue weighted by Gasteiger charge is -2.22. The van der Waals surface area contributed by atoms with Crippen LogP contribution in [0.5, 0.6) is 5.88 Å². The third-order valence-electron chi connectivity index (χ3n) is 2.83. The topological polar surface area (TPSA) is 63.2 Å². The van der Waals surface area contributed by atoms with Crippen molar-refractivity contribution in [3.63, 3.8) is 0 Å². The molecule has 1 aliphatic rings. The van der Waals surface area contributed by atoms with E-state index in [-0.39, 0.29) is 17.8 Å². The zero-order valence-corrected chi connectivity index (χ0v) is 12.5. The van der Waals surface area contributed by atoms with Crippen molar-refractivity contribution in [1.82, 2.24) is 10.3 Å². The average Bonchev–Trinajstić information content (AvgIpc) is 2.47. The molecular weight excluding hydrogens is 319 g/mol. The predicted octanol–water partition coefficient (Wildman–Crippen LogP) is 2.06. The van der Waals surface area contributed by atoms with E-state index < -0.39 is 12.8 Å². The second kappa shape index (κ2) is 7.68. The molecule has 2 N–H and O–H groups in total. The molecule has 0 aliphatic carbocycles. The molecule has 0 aromatic carbocycles. The number of alkyl halides is 3. The number of rotatable bonds is 5. The first-order chi connectivity index (χ1) is 10.4. The van der Waals surface area contributed by atoms with E-state index in [0.29, 0.717) is 12.1 Å². The number of halogens is 3. The number of nitrogens with one attached hydrogen (secondary N) is 2. The van der Waals surface area contributed by atoms with Crippen LogP contribution in [0, 0.1) is 0 Å². The van der Waals surface area contributed by atoms with E-state index >= 15 is 0 Å². The number of carbonyl (C=O) groups is 1. The third-order valence-corrected chi connectivity index (χ3v) is 3.96. The highest BCUT2D eigenvalue weighted by atomic mass is 32.2. The summed E-state index contributed by atoms with van der Waals surface area (Å²) >= 11 is 1.80. The van der Waals surface area contributed by atoms with Crippen LogP contribution >= 0.6 is 11.8 Å². The first-order valence-corrected chi connectivity index (χ1v) is 7.84. The number of aromatic nitrogens is 1. The van der Waals surface area contributed by atoms with Gasteiger partial charge in [-0.25, -0.2) is 4.98 Å². The summed E-state index contributed by atoms with van der Waals surface area (Å²) in [5.41, 5.74) is 0.424. The normalized spacial score (nSPS) is 18.8. The quantitative estimate of drug-likeness (QED) is 0.862. The maximum atomic E-state index is 12.0. The van der Waals surface area contributed by atoms with Gasteiger partial charge in [-0.2, -0.15) is 24.9 Å². The van der Waals surface area contributed by atoms with Crippen LogP contribution in [-0.4, -0.2) is 47.8 Å². The first-order valence-electron chi connectivity index (χ1n) is 6.69. The number of hydrogen-bond acceptors (Lipinski definition) is 5. The van der Waals surface area contributed by atoms with Crippen molar-refractivity contribution in [3.8, 4) is 5.88 Å². The molecule has 1 aromatic heterocycles. The van der Waals surface area contributed by atoms with Crippen LogP contribution in [0.4, 0.5) is 18.9 Å². The molecule has 1 atom stereocenters. The van der Waals surface area contributed by atoms with Gasteiger partial charge >= 0.3 is 6.18 Å². The molecule has 0 bridgehead atoms. The number of pyridine rings is 1. The van der Waals surface area contributed by atoms with Gasteiger partial charge in [0.2, 0.25) is 11.8 Å². The molecule has 1 aromatic rings. The largest absolute Gasteiger partial charge is 0.468 e. The van der Waals surface area contributed by atoms with Gasteiger partial charge in [-0.1, -0.05) is 0 Å². The Morgan fingerprint density at radius 2 is 2.32 bits per heavy atom. The van der Waals surface area contributed by atoms with Gasteiger partial charge in [-0.05, 0) is 6.07 Å². The minimum atomic E-state index is -4.40. The summed E-state index contributed by atoms with van der Waals surface area (Å²) in [6, 6.07) is 2.89. The molecule has 0 saturated carbocycles. The highest BCUT2D eigenvalue weighted by Crippen LogP contribution is 2.18. The Labute approximate surface area is 130 Å². The fourth-order valence-corrected chi connectivity index (χ4v) is 2.83. The number of thioether (sulfide) groups is 1. The SMILES string of the molecule is O=C(CC1CSCCN1)Nc1ccc(OCC(F)(F)F)nc1. The first kappa shape index (κ1) is 16.9. The van der Waals surface area contributed by atoms with E-state index in [9.17, 15) is 18.0 Å². The minimum absolute atomic E-state index is 0.138. The molecule has 0 spiro atoms. The third kappa shape index (κ3) is 6.10. The lowest BCUT2D eigenvalue weighted by atomic mass is 10.2. The summed E-state index contributed by atoms with van der Waals surface area (Å²) in [6.07, 6.45) is -2.79. The van der Waals surface area contributed by atoms with Gasteiger partial charge in [0.05, 0.1) is 11.9 Å². The molecule has 1 amide bonds. The fourth-order valence-electron chi connectivity index (χ4n) is 1.88. The van der Waals surface area contributed by atoms with Crippen LogP contribution in [0.15, 0.2) is 18.3 Å². The van der Waals surface area contributed by atoms with Crippen molar-refractivity contribution in [3.05, 3.63) is 18.3 Å². The lowest BCUT2D eigenvalue weighted by molar-refractivity contribution is -0.154. The summed E-state index contributed by atoms with van der Waals surface area (Å²) in [6.45, 7) is -0.508. The summed E-state index contributed by atoms with van der Waals surface area (Å²) in [4.78, 5) is 15.6. The molecule has 122 valence electrons. The number of nitrogens with zero attached hydrogens (tertiary/aromatic N) is 1.